The van der Waals surface area contributed by atoms with Gasteiger partial charge in [-0.15, -0.1) is 0 Å². The Morgan fingerprint density at radius 1 is 1.13 bits per heavy atom. The van der Waals surface area contributed by atoms with Crippen LogP contribution in [0.25, 0.3) is 11.4 Å². The minimum atomic E-state index is -0.119. The molecule has 1 saturated heterocycles. The van der Waals surface area contributed by atoms with Gasteiger partial charge in [0, 0.05) is 36.8 Å². The van der Waals surface area contributed by atoms with Crippen LogP contribution in [-0.2, 0) is 4.79 Å². The van der Waals surface area contributed by atoms with Gasteiger partial charge in [0.2, 0.25) is 17.6 Å². The Morgan fingerprint density at radius 3 is 2.63 bits per heavy atom. The first-order chi connectivity index (χ1) is 14.5. The van der Waals surface area contributed by atoms with Crippen molar-refractivity contribution in [2.45, 2.75) is 32.6 Å². The largest absolute Gasteiger partial charge is 0.339 e. The maximum atomic E-state index is 13.0. The summed E-state index contributed by atoms with van der Waals surface area (Å²) in [6.45, 7) is 4.72. The normalized spacial score (nSPS) is 16.3. The number of carbonyl (C=O) groups excluding carboxylic acids is 2. The fraction of sp³-hybridized carbons (Fsp3) is 0.304. The van der Waals surface area contributed by atoms with Crippen LogP contribution in [0, 0.1) is 6.92 Å². The lowest BCUT2D eigenvalue weighted by atomic mass is 9.96. The van der Waals surface area contributed by atoms with Crippen molar-refractivity contribution in [1.82, 2.24) is 15.0 Å². The molecule has 1 aliphatic rings. The molecule has 0 bridgehead atoms. The Hall–Kier alpha value is -3.48. The molecule has 1 fully saturated rings. The van der Waals surface area contributed by atoms with E-state index in [9.17, 15) is 9.59 Å². The standard InChI is InChI=1S/C23H24N4O3/c1-15-6-3-4-8-20(15)23(29)27-13-5-7-18(14-27)22-25-21(26-30-22)17-9-11-19(12-10-17)24-16(2)28/h3-4,6,8-12,18H,5,7,13-14H2,1-2H3,(H,24,28). The highest BCUT2D eigenvalue weighted by Gasteiger charge is 2.29. The summed E-state index contributed by atoms with van der Waals surface area (Å²) in [6, 6.07) is 14.9. The van der Waals surface area contributed by atoms with Crippen molar-refractivity contribution in [2.75, 3.05) is 18.4 Å². The average molecular weight is 404 g/mol. The smallest absolute Gasteiger partial charge is 0.254 e. The number of amides is 2. The van der Waals surface area contributed by atoms with E-state index in [-0.39, 0.29) is 17.7 Å². The fourth-order valence-corrected chi connectivity index (χ4v) is 3.77. The van der Waals surface area contributed by atoms with Gasteiger partial charge in [0.15, 0.2) is 0 Å². The number of likely N-dealkylation sites (tertiary alicyclic amines) is 1. The van der Waals surface area contributed by atoms with Crippen molar-refractivity contribution in [2.24, 2.45) is 0 Å². The zero-order valence-electron chi connectivity index (χ0n) is 17.1. The Bertz CT molecular complexity index is 1060. The van der Waals surface area contributed by atoms with E-state index >= 15 is 0 Å². The highest BCUT2D eigenvalue weighted by atomic mass is 16.5. The fourth-order valence-electron chi connectivity index (χ4n) is 3.77. The second-order valence-electron chi connectivity index (χ2n) is 7.62. The molecule has 0 aliphatic carbocycles. The summed E-state index contributed by atoms with van der Waals surface area (Å²) < 4.78 is 5.54. The molecule has 2 aromatic carbocycles. The molecule has 1 aliphatic heterocycles. The molecule has 0 spiro atoms. The van der Waals surface area contributed by atoms with Crippen LogP contribution in [0.3, 0.4) is 0 Å². The van der Waals surface area contributed by atoms with Gasteiger partial charge in [-0.1, -0.05) is 23.4 Å². The molecule has 3 aromatic rings. The summed E-state index contributed by atoms with van der Waals surface area (Å²) >= 11 is 0. The summed E-state index contributed by atoms with van der Waals surface area (Å²) in [5.74, 6) is 1.00. The van der Waals surface area contributed by atoms with E-state index in [0.717, 1.165) is 36.1 Å². The van der Waals surface area contributed by atoms with Crippen molar-refractivity contribution in [3.8, 4) is 11.4 Å². The van der Waals surface area contributed by atoms with E-state index in [1.54, 1.807) is 12.1 Å². The number of aryl methyl sites for hydroxylation is 1. The molecule has 2 heterocycles. The molecule has 1 atom stereocenters. The van der Waals surface area contributed by atoms with Gasteiger partial charge >= 0.3 is 0 Å². The van der Waals surface area contributed by atoms with Crippen LogP contribution in [0.4, 0.5) is 5.69 Å². The Labute approximate surface area is 175 Å². The zero-order valence-corrected chi connectivity index (χ0v) is 17.1. The number of piperidine rings is 1. The first-order valence-electron chi connectivity index (χ1n) is 10.1. The molecule has 1 unspecified atom stereocenters. The van der Waals surface area contributed by atoms with Crippen LogP contribution in [0.15, 0.2) is 53.1 Å². The summed E-state index contributed by atoms with van der Waals surface area (Å²) in [5, 5.41) is 6.85. The second kappa shape index (κ2) is 8.49. The molecule has 1 N–H and O–H groups in total. The molecule has 1 aromatic heterocycles. The minimum Gasteiger partial charge on any atom is -0.339 e. The summed E-state index contributed by atoms with van der Waals surface area (Å²) in [4.78, 5) is 30.6. The van der Waals surface area contributed by atoms with Crippen LogP contribution < -0.4 is 5.32 Å². The first-order valence-corrected chi connectivity index (χ1v) is 10.1. The van der Waals surface area contributed by atoms with Gasteiger partial charge < -0.3 is 14.7 Å². The van der Waals surface area contributed by atoms with Crippen molar-refractivity contribution >= 4 is 17.5 Å². The first kappa shape index (κ1) is 19.8. The van der Waals surface area contributed by atoms with Gasteiger partial charge in [-0.05, 0) is 55.7 Å². The van der Waals surface area contributed by atoms with Crippen LogP contribution in [0.5, 0.6) is 0 Å². The minimum absolute atomic E-state index is 0.0200. The lowest BCUT2D eigenvalue weighted by Crippen LogP contribution is -2.39. The number of nitrogens with zero attached hydrogens (tertiary/aromatic N) is 3. The molecule has 0 saturated carbocycles. The third kappa shape index (κ3) is 4.25. The van der Waals surface area contributed by atoms with Gasteiger partial charge in [0.1, 0.15) is 0 Å². The van der Waals surface area contributed by atoms with Crippen LogP contribution in [0.1, 0.15) is 47.5 Å². The van der Waals surface area contributed by atoms with Crippen molar-refractivity contribution in [3.05, 3.63) is 65.5 Å². The molecular weight excluding hydrogens is 380 g/mol. The number of aromatic nitrogens is 2. The van der Waals surface area contributed by atoms with Crippen molar-refractivity contribution in [1.29, 1.82) is 0 Å². The average Bonchev–Trinajstić information content (AvgIpc) is 3.24. The van der Waals surface area contributed by atoms with Crippen LogP contribution in [-0.4, -0.2) is 39.9 Å². The molecule has 7 heteroatoms. The lowest BCUT2D eigenvalue weighted by Gasteiger charge is -2.31. The van der Waals surface area contributed by atoms with Crippen molar-refractivity contribution < 1.29 is 14.1 Å². The molecular formula is C23H24N4O3. The van der Waals surface area contributed by atoms with E-state index in [1.807, 2.05) is 48.2 Å². The predicted molar refractivity (Wildman–Crippen MR) is 113 cm³/mol. The number of hydrogen-bond acceptors (Lipinski definition) is 5. The van der Waals surface area contributed by atoms with E-state index < -0.39 is 0 Å². The van der Waals surface area contributed by atoms with Gasteiger partial charge in [0.05, 0.1) is 5.92 Å². The van der Waals surface area contributed by atoms with E-state index in [0.29, 0.717) is 23.9 Å². The number of anilines is 1. The zero-order chi connectivity index (χ0) is 21.1. The van der Waals surface area contributed by atoms with Crippen LogP contribution >= 0.6 is 0 Å². The maximum Gasteiger partial charge on any atom is 0.254 e. The number of nitrogens with one attached hydrogen (secondary N) is 1. The highest BCUT2D eigenvalue weighted by Crippen LogP contribution is 2.29. The van der Waals surface area contributed by atoms with Crippen LogP contribution in [0.2, 0.25) is 0 Å². The molecule has 30 heavy (non-hydrogen) atoms. The summed E-state index contributed by atoms with van der Waals surface area (Å²) in [7, 11) is 0. The lowest BCUT2D eigenvalue weighted by molar-refractivity contribution is -0.114. The number of hydrogen-bond donors (Lipinski definition) is 1. The SMILES string of the molecule is CC(=O)Nc1ccc(-c2noc(C3CCCN(C(=O)c4ccccc4C)C3)n2)cc1. The Morgan fingerprint density at radius 2 is 1.90 bits per heavy atom. The van der Waals surface area contributed by atoms with Crippen molar-refractivity contribution in [3.63, 3.8) is 0 Å². The third-order valence-corrected chi connectivity index (χ3v) is 5.34. The summed E-state index contributed by atoms with van der Waals surface area (Å²) in [6.07, 6.45) is 1.80. The third-order valence-electron chi connectivity index (χ3n) is 5.34. The number of benzene rings is 2. The summed E-state index contributed by atoms with van der Waals surface area (Å²) in [5.41, 5.74) is 3.24. The molecule has 0 radical (unpaired) electrons. The van der Waals surface area contributed by atoms with E-state index in [1.165, 1.54) is 6.92 Å². The van der Waals surface area contributed by atoms with Gasteiger partial charge in [0.25, 0.3) is 5.91 Å². The van der Waals surface area contributed by atoms with E-state index in [4.69, 9.17) is 4.52 Å². The quantitative estimate of drug-likeness (QED) is 0.709. The van der Waals surface area contributed by atoms with Gasteiger partial charge in [-0.3, -0.25) is 9.59 Å². The molecule has 7 nitrogen and oxygen atoms in total. The molecule has 2 amide bonds. The predicted octanol–water partition coefficient (Wildman–Crippen LogP) is 4.02. The second-order valence-corrected chi connectivity index (χ2v) is 7.62. The Balaban J connectivity index is 1.47. The number of carbonyl (C=O) groups is 2. The highest BCUT2D eigenvalue weighted by molar-refractivity contribution is 5.95. The molecule has 4 rings (SSSR count). The topological polar surface area (TPSA) is 88.3 Å². The molecule has 154 valence electrons. The number of rotatable bonds is 4. The van der Waals surface area contributed by atoms with E-state index in [2.05, 4.69) is 15.5 Å². The Kier molecular flexibility index (Phi) is 5.61. The van der Waals surface area contributed by atoms with Gasteiger partial charge in [-0.25, -0.2) is 0 Å². The van der Waals surface area contributed by atoms with Gasteiger partial charge in [-0.2, -0.15) is 4.98 Å². The monoisotopic (exact) mass is 404 g/mol. The maximum absolute atomic E-state index is 13.0.